The summed E-state index contributed by atoms with van der Waals surface area (Å²) in [5, 5.41) is 2.96. The maximum absolute atomic E-state index is 11.7. The average molecular weight is 273 g/mol. The van der Waals surface area contributed by atoms with Gasteiger partial charge < -0.3 is 16.0 Å². The lowest BCUT2D eigenvalue weighted by molar-refractivity contribution is -0.122. The Kier molecular flexibility index (Phi) is 7.70. The van der Waals surface area contributed by atoms with E-state index in [-0.39, 0.29) is 11.9 Å². The number of hydrogen-bond donors (Lipinski definition) is 2. The van der Waals surface area contributed by atoms with Crippen LogP contribution in [0.2, 0.25) is 0 Å². The predicted octanol–water partition coefficient (Wildman–Crippen LogP) is 0.915. The molecule has 1 aliphatic heterocycles. The second-order valence-corrected chi connectivity index (χ2v) is 6.20. The number of rotatable bonds is 7. The Morgan fingerprint density at radius 1 is 1.50 bits per heavy atom. The molecule has 1 fully saturated rings. The molecule has 1 rings (SSSR count). The van der Waals surface area contributed by atoms with Gasteiger partial charge in [0.25, 0.3) is 0 Å². The molecule has 1 amide bonds. The second kappa shape index (κ2) is 8.77. The zero-order valence-electron chi connectivity index (χ0n) is 11.7. The van der Waals surface area contributed by atoms with Gasteiger partial charge in [-0.05, 0) is 63.7 Å². The molecular weight excluding hydrogens is 246 g/mol. The Morgan fingerprint density at radius 3 is 2.78 bits per heavy atom. The number of nitrogens with zero attached hydrogens (tertiary/aromatic N) is 1. The summed E-state index contributed by atoms with van der Waals surface area (Å²) >= 11 is 1.73. The monoisotopic (exact) mass is 273 g/mol. The number of piperidine rings is 1. The van der Waals surface area contributed by atoms with E-state index in [1.165, 1.54) is 25.9 Å². The first-order valence-corrected chi connectivity index (χ1v) is 8.23. The van der Waals surface area contributed by atoms with Crippen LogP contribution in [0.5, 0.6) is 0 Å². The van der Waals surface area contributed by atoms with Gasteiger partial charge in [-0.15, -0.1) is 0 Å². The Morgan fingerprint density at radius 2 is 2.17 bits per heavy atom. The largest absolute Gasteiger partial charge is 0.355 e. The topological polar surface area (TPSA) is 58.4 Å². The Balaban J connectivity index is 2.08. The highest BCUT2D eigenvalue weighted by molar-refractivity contribution is 7.98. The van der Waals surface area contributed by atoms with Gasteiger partial charge in [-0.25, -0.2) is 0 Å². The Hall–Kier alpha value is -0.260. The summed E-state index contributed by atoms with van der Waals surface area (Å²) < 4.78 is 0. The van der Waals surface area contributed by atoms with Crippen molar-refractivity contribution in [3.8, 4) is 0 Å². The van der Waals surface area contributed by atoms with Gasteiger partial charge in [-0.3, -0.25) is 4.79 Å². The molecule has 1 heterocycles. The van der Waals surface area contributed by atoms with E-state index >= 15 is 0 Å². The van der Waals surface area contributed by atoms with Crippen molar-refractivity contribution in [2.24, 2.45) is 11.7 Å². The number of nitrogens with one attached hydrogen (secondary N) is 1. The summed E-state index contributed by atoms with van der Waals surface area (Å²) in [5.41, 5.74) is 5.81. The van der Waals surface area contributed by atoms with Crippen LogP contribution in [0.15, 0.2) is 0 Å². The third kappa shape index (κ3) is 6.07. The van der Waals surface area contributed by atoms with Crippen molar-refractivity contribution in [2.45, 2.75) is 31.7 Å². The van der Waals surface area contributed by atoms with Crippen LogP contribution in [0, 0.1) is 5.92 Å². The summed E-state index contributed by atoms with van der Waals surface area (Å²) in [6, 6.07) is -0.338. The first-order valence-electron chi connectivity index (χ1n) is 6.84. The molecule has 0 radical (unpaired) electrons. The van der Waals surface area contributed by atoms with Crippen LogP contribution in [0.3, 0.4) is 0 Å². The van der Waals surface area contributed by atoms with Gasteiger partial charge in [0.15, 0.2) is 0 Å². The number of carbonyl (C=O) groups excluding carboxylic acids is 1. The van der Waals surface area contributed by atoms with Crippen molar-refractivity contribution in [3.05, 3.63) is 0 Å². The van der Waals surface area contributed by atoms with E-state index in [4.69, 9.17) is 5.73 Å². The summed E-state index contributed by atoms with van der Waals surface area (Å²) in [5.74, 6) is 1.73. The molecule has 0 aromatic carbocycles. The first-order chi connectivity index (χ1) is 8.63. The van der Waals surface area contributed by atoms with Crippen LogP contribution in [-0.2, 0) is 4.79 Å². The number of carbonyl (C=O) groups is 1. The third-order valence-electron chi connectivity index (χ3n) is 3.66. The van der Waals surface area contributed by atoms with E-state index in [0.717, 1.165) is 31.1 Å². The zero-order chi connectivity index (χ0) is 13.4. The standard InChI is InChI=1S/C13H27N3OS/c1-16-8-4-11(5-9-16)3-7-15-13(17)12(14)6-10-18-2/h11-12H,3-10,14H2,1-2H3,(H,15,17)/t12-/m1/s1. The molecule has 3 N–H and O–H groups in total. The van der Waals surface area contributed by atoms with Gasteiger partial charge in [0.05, 0.1) is 6.04 Å². The van der Waals surface area contributed by atoms with E-state index in [1.54, 1.807) is 11.8 Å². The van der Waals surface area contributed by atoms with E-state index in [2.05, 4.69) is 17.3 Å². The van der Waals surface area contributed by atoms with Crippen molar-refractivity contribution in [1.29, 1.82) is 0 Å². The molecule has 18 heavy (non-hydrogen) atoms. The van der Waals surface area contributed by atoms with Crippen LogP contribution in [-0.4, -0.2) is 55.5 Å². The molecule has 5 heteroatoms. The molecule has 1 aliphatic rings. The minimum absolute atomic E-state index is 0.0111. The highest BCUT2D eigenvalue weighted by Crippen LogP contribution is 2.18. The molecule has 0 aromatic rings. The Labute approximate surface area is 115 Å². The predicted molar refractivity (Wildman–Crippen MR) is 78.8 cm³/mol. The number of thioether (sulfide) groups is 1. The lowest BCUT2D eigenvalue weighted by Gasteiger charge is -2.29. The molecule has 0 unspecified atom stereocenters. The quantitative estimate of drug-likeness (QED) is 0.724. The van der Waals surface area contributed by atoms with E-state index in [0.29, 0.717) is 0 Å². The molecule has 4 nitrogen and oxygen atoms in total. The fraction of sp³-hybridized carbons (Fsp3) is 0.923. The average Bonchev–Trinajstić information content (AvgIpc) is 2.38. The van der Waals surface area contributed by atoms with Crippen LogP contribution >= 0.6 is 11.8 Å². The van der Waals surface area contributed by atoms with Gasteiger partial charge in [-0.1, -0.05) is 0 Å². The molecule has 0 aliphatic carbocycles. The second-order valence-electron chi connectivity index (χ2n) is 5.21. The highest BCUT2D eigenvalue weighted by atomic mass is 32.2. The highest BCUT2D eigenvalue weighted by Gasteiger charge is 2.17. The summed E-state index contributed by atoms with van der Waals surface area (Å²) in [6.45, 7) is 3.15. The van der Waals surface area contributed by atoms with Crippen molar-refractivity contribution >= 4 is 17.7 Å². The van der Waals surface area contributed by atoms with E-state index in [1.807, 2.05) is 6.26 Å². The molecule has 0 bridgehead atoms. The molecule has 1 saturated heterocycles. The van der Waals surface area contributed by atoms with Gasteiger partial charge in [0.2, 0.25) is 5.91 Å². The van der Waals surface area contributed by atoms with Crippen molar-refractivity contribution in [2.75, 3.05) is 38.7 Å². The number of nitrogens with two attached hydrogens (primary N) is 1. The number of hydrogen-bond acceptors (Lipinski definition) is 4. The van der Waals surface area contributed by atoms with Gasteiger partial charge in [0.1, 0.15) is 0 Å². The van der Waals surface area contributed by atoms with E-state index in [9.17, 15) is 4.79 Å². The maximum atomic E-state index is 11.7. The lowest BCUT2D eigenvalue weighted by atomic mass is 9.94. The Bertz CT molecular complexity index is 242. The minimum atomic E-state index is -0.338. The zero-order valence-corrected chi connectivity index (χ0v) is 12.5. The smallest absolute Gasteiger partial charge is 0.236 e. The normalized spacial score (nSPS) is 19.7. The van der Waals surface area contributed by atoms with Crippen molar-refractivity contribution < 1.29 is 4.79 Å². The fourth-order valence-corrected chi connectivity index (χ4v) is 2.75. The number of amides is 1. The fourth-order valence-electron chi connectivity index (χ4n) is 2.26. The lowest BCUT2D eigenvalue weighted by Crippen LogP contribution is -2.42. The molecule has 1 atom stereocenters. The van der Waals surface area contributed by atoms with Crippen LogP contribution in [0.1, 0.15) is 25.7 Å². The minimum Gasteiger partial charge on any atom is -0.355 e. The SMILES string of the molecule is CSCC[C@@H](N)C(=O)NCCC1CCN(C)CC1. The molecular formula is C13H27N3OS. The van der Waals surface area contributed by atoms with Gasteiger partial charge in [0, 0.05) is 6.54 Å². The first kappa shape index (κ1) is 15.8. The molecule has 0 aromatic heterocycles. The molecule has 0 saturated carbocycles. The molecule has 106 valence electrons. The van der Waals surface area contributed by atoms with Crippen molar-refractivity contribution in [1.82, 2.24) is 10.2 Å². The van der Waals surface area contributed by atoms with Crippen molar-refractivity contribution in [3.63, 3.8) is 0 Å². The third-order valence-corrected chi connectivity index (χ3v) is 4.30. The van der Waals surface area contributed by atoms with Crippen LogP contribution < -0.4 is 11.1 Å². The van der Waals surface area contributed by atoms with Crippen LogP contribution in [0.4, 0.5) is 0 Å². The molecule has 0 spiro atoms. The number of likely N-dealkylation sites (tertiary alicyclic amines) is 1. The van der Waals surface area contributed by atoms with E-state index < -0.39 is 0 Å². The van der Waals surface area contributed by atoms with Gasteiger partial charge in [-0.2, -0.15) is 11.8 Å². The summed E-state index contributed by atoms with van der Waals surface area (Å²) in [7, 11) is 2.17. The van der Waals surface area contributed by atoms with Crippen LogP contribution in [0.25, 0.3) is 0 Å². The summed E-state index contributed by atoms with van der Waals surface area (Å²) in [4.78, 5) is 14.1. The van der Waals surface area contributed by atoms with Gasteiger partial charge >= 0.3 is 0 Å². The summed E-state index contributed by atoms with van der Waals surface area (Å²) in [6.07, 6.45) is 6.40. The maximum Gasteiger partial charge on any atom is 0.236 e.